The predicted octanol–water partition coefficient (Wildman–Crippen LogP) is 7.11. The Kier molecular flexibility index (Phi) is 10.7. The lowest BCUT2D eigenvalue weighted by Crippen LogP contribution is -2.51. The van der Waals surface area contributed by atoms with Crippen molar-refractivity contribution >= 4 is 33.8 Å². The van der Waals surface area contributed by atoms with Crippen molar-refractivity contribution < 1.29 is 18.0 Å². The maximum atomic E-state index is 13.4. The molecule has 0 aliphatic carbocycles. The number of anilines is 2. The molecular formula is C45H43N5O4S. The molecule has 2 heterocycles. The van der Waals surface area contributed by atoms with E-state index in [0.29, 0.717) is 19.5 Å². The molecule has 0 saturated carbocycles. The van der Waals surface area contributed by atoms with Crippen LogP contribution in [0.15, 0.2) is 164 Å². The Labute approximate surface area is 322 Å². The SMILES string of the molecule is CC1(C)C(C(=O)C=O)N(c2ccc(C(c3ccccc3)(c3ccccc3)c3ccccc3)cc2)CN1Cc1ccnc(NS(=O)(=O)NCc2ccccc2)c1. The number of nitrogens with one attached hydrogen (secondary N) is 2. The highest BCUT2D eigenvalue weighted by Gasteiger charge is 2.50. The summed E-state index contributed by atoms with van der Waals surface area (Å²) in [6, 6.07) is 51.6. The number of hydrogen-bond donors (Lipinski definition) is 2. The van der Waals surface area contributed by atoms with Crippen molar-refractivity contribution in [2.45, 2.75) is 43.9 Å². The summed E-state index contributed by atoms with van der Waals surface area (Å²) < 4.78 is 30.8. The van der Waals surface area contributed by atoms with E-state index < -0.39 is 33.0 Å². The van der Waals surface area contributed by atoms with Gasteiger partial charge in [0.05, 0.1) is 12.1 Å². The van der Waals surface area contributed by atoms with Crippen molar-refractivity contribution in [1.82, 2.24) is 14.6 Å². The minimum absolute atomic E-state index is 0.131. The topological polar surface area (TPSA) is 112 Å². The van der Waals surface area contributed by atoms with Crippen molar-refractivity contribution in [3.8, 4) is 0 Å². The summed E-state index contributed by atoms with van der Waals surface area (Å²) in [5.41, 5.74) is 5.43. The number of aromatic nitrogens is 1. The summed E-state index contributed by atoms with van der Waals surface area (Å²) in [6.45, 7) is 4.76. The Hall–Kier alpha value is -5.94. The summed E-state index contributed by atoms with van der Waals surface area (Å²) in [4.78, 5) is 33.9. The zero-order valence-corrected chi connectivity index (χ0v) is 31.6. The molecule has 0 amide bonds. The molecule has 278 valence electrons. The fourth-order valence-corrected chi connectivity index (χ4v) is 8.63. The zero-order chi connectivity index (χ0) is 38.5. The van der Waals surface area contributed by atoms with E-state index in [1.165, 1.54) is 0 Å². The van der Waals surface area contributed by atoms with E-state index in [2.05, 4.69) is 104 Å². The van der Waals surface area contributed by atoms with E-state index in [4.69, 9.17) is 0 Å². The van der Waals surface area contributed by atoms with Gasteiger partial charge in [0.2, 0.25) is 5.78 Å². The average molecular weight is 750 g/mol. The van der Waals surface area contributed by atoms with Gasteiger partial charge in [0.1, 0.15) is 11.9 Å². The number of aldehydes is 1. The molecule has 1 atom stereocenters. The molecule has 55 heavy (non-hydrogen) atoms. The minimum atomic E-state index is -3.90. The van der Waals surface area contributed by atoms with Crippen molar-refractivity contribution in [2.75, 3.05) is 16.3 Å². The van der Waals surface area contributed by atoms with Gasteiger partial charge in [0.15, 0.2) is 6.29 Å². The molecule has 7 rings (SSSR count). The number of hydrogen-bond acceptors (Lipinski definition) is 7. The second-order valence-electron chi connectivity index (χ2n) is 14.2. The summed E-state index contributed by atoms with van der Waals surface area (Å²) in [5.74, 6) is -0.349. The molecule has 1 aliphatic rings. The van der Waals surface area contributed by atoms with E-state index >= 15 is 0 Å². The molecule has 2 N–H and O–H groups in total. The number of benzene rings is 5. The summed E-state index contributed by atoms with van der Waals surface area (Å²) in [5, 5.41) is 0. The van der Waals surface area contributed by atoms with E-state index in [9.17, 15) is 18.0 Å². The van der Waals surface area contributed by atoms with Gasteiger partial charge in [-0.1, -0.05) is 133 Å². The Balaban J connectivity index is 1.19. The van der Waals surface area contributed by atoms with Gasteiger partial charge < -0.3 is 4.90 Å². The van der Waals surface area contributed by atoms with Crippen LogP contribution in [-0.2, 0) is 38.3 Å². The first-order valence-electron chi connectivity index (χ1n) is 18.2. The molecule has 5 aromatic carbocycles. The molecule has 0 radical (unpaired) electrons. The maximum Gasteiger partial charge on any atom is 0.300 e. The smallest absolute Gasteiger partial charge is 0.300 e. The van der Waals surface area contributed by atoms with Gasteiger partial charge in [-0.05, 0) is 71.5 Å². The van der Waals surface area contributed by atoms with Crippen LogP contribution in [0.25, 0.3) is 0 Å². The third-order valence-electron chi connectivity index (χ3n) is 10.5. The Morgan fingerprint density at radius 1 is 0.745 bits per heavy atom. The van der Waals surface area contributed by atoms with Crippen LogP contribution in [-0.4, -0.2) is 48.6 Å². The van der Waals surface area contributed by atoms with Crippen LogP contribution in [0.4, 0.5) is 11.5 Å². The fourth-order valence-electron chi connectivity index (χ4n) is 7.82. The van der Waals surface area contributed by atoms with E-state index in [1.54, 1.807) is 12.3 Å². The van der Waals surface area contributed by atoms with Crippen LogP contribution in [0.1, 0.15) is 47.2 Å². The van der Waals surface area contributed by atoms with Gasteiger partial charge in [-0.2, -0.15) is 13.1 Å². The average Bonchev–Trinajstić information content (AvgIpc) is 3.48. The van der Waals surface area contributed by atoms with Crippen molar-refractivity contribution in [2.24, 2.45) is 0 Å². The Morgan fingerprint density at radius 3 is 1.78 bits per heavy atom. The number of ketones is 1. The first-order chi connectivity index (χ1) is 26.6. The van der Waals surface area contributed by atoms with E-state index in [-0.39, 0.29) is 12.4 Å². The lowest BCUT2D eigenvalue weighted by atomic mass is 9.65. The van der Waals surface area contributed by atoms with E-state index in [1.807, 2.05) is 85.5 Å². The van der Waals surface area contributed by atoms with Crippen LogP contribution in [0.3, 0.4) is 0 Å². The van der Waals surface area contributed by atoms with Crippen LogP contribution >= 0.6 is 0 Å². The third-order valence-corrected chi connectivity index (χ3v) is 11.5. The molecule has 1 aromatic heterocycles. The number of rotatable bonds is 14. The molecule has 10 heteroatoms. The Bertz CT molecular complexity index is 2250. The van der Waals surface area contributed by atoms with E-state index in [0.717, 1.165) is 39.1 Å². The highest BCUT2D eigenvalue weighted by molar-refractivity contribution is 7.90. The van der Waals surface area contributed by atoms with Gasteiger partial charge in [0.25, 0.3) is 0 Å². The minimum Gasteiger partial charge on any atom is -0.346 e. The lowest BCUT2D eigenvalue weighted by molar-refractivity contribution is -0.131. The van der Waals surface area contributed by atoms with Crippen molar-refractivity contribution in [3.63, 3.8) is 0 Å². The quantitative estimate of drug-likeness (QED) is 0.0694. The molecule has 1 aliphatic heterocycles. The number of nitrogens with zero attached hydrogens (tertiary/aromatic N) is 3. The largest absolute Gasteiger partial charge is 0.346 e. The third kappa shape index (κ3) is 7.70. The van der Waals surface area contributed by atoms with Gasteiger partial charge >= 0.3 is 10.2 Å². The molecule has 0 bridgehead atoms. The van der Waals surface area contributed by atoms with Crippen LogP contribution in [0.2, 0.25) is 0 Å². The summed E-state index contributed by atoms with van der Waals surface area (Å²) >= 11 is 0. The monoisotopic (exact) mass is 749 g/mol. The number of pyridine rings is 1. The molecular weight excluding hydrogens is 707 g/mol. The molecule has 0 spiro atoms. The number of carbonyl (C=O) groups excluding carboxylic acids is 2. The van der Waals surface area contributed by atoms with Gasteiger partial charge in [-0.3, -0.25) is 19.2 Å². The van der Waals surface area contributed by atoms with Gasteiger partial charge in [0, 0.05) is 30.5 Å². The molecule has 1 fully saturated rings. The predicted molar refractivity (Wildman–Crippen MR) is 217 cm³/mol. The molecule has 1 saturated heterocycles. The normalized spacial score (nSPS) is 15.7. The zero-order valence-electron chi connectivity index (χ0n) is 30.7. The van der Waals surface area contributed by atoms with Gasteiger partial charge in [-0.15, -0.1) is 0 Å². The standard InChI is InChI=1S/C45H43N5O4S/c1-44(2)43(41(52)32-51)50(33-49(44)31-35-27-28-46-42(29-35)48-55(53,54)47-30-34-15-7-3-8-16-34)40-25-23-39(24-26-40)45(36-17-9-4-10-18-36,37-19-11-5-12-20-37)38-21-13-6-14-22-38/h3-29,32,43,47H,30-31,33H2,1-2H3,(H,46,48). The highest BCUT2D eigenvalue weighted by Crippen LogP contribution is 2.46. The fraction of sp³-hybridized carbons (Fsp3) is 0.178. The summed E-state index contributed by atoms with van der Waals surface area (Å²) in [7, 11) is -3.90. The lowest BCUT2D eigenvalue weighted by Gasteiger charge is -2.37. The van der Waals surface area contributed by atoms with Crippen LogP contribution in [0, 0.1) is 0 Å². The van der Waals surface area contributed by atoms with Crippen LogP contribution < -0.4 is 14.3 Å². The van der Waals surface area contributed by atoms with Crippen molar-refractivity contribution in [1.29, 1.82) is 0 Å². The molecule has 6 aromatic rings. The van der Waals surface area contributed by atoms with Crippen LogP contribution in [0.5, 0.6) is 0 Å². The molecule has 9 nitrogen and oxygen atoms in total. The van der Waals surface area contributed by atoms with Crippen molar-refractivity contribution in [3.05, 3.63) is 197 Å². The maximum absolute atomic E-state index is 13.4. The highest BCUT2D eigenvalue weighted by atomic mass is 32.2. The summed E-state index contributed by atoms with van der Waals surface area (Å²) in [6.07, 6.45) is 1.96. The van der Waals surface area contributed by atoms with Gasteiger partial charge in [-0.25, -0.2) is 4.98 Å². The number of Topliss-reactive ketones (excluding diaryl/α,β-unsaturated/α-hetero) is 1. The second-order valence-corrected chi connectivity index (χ2v) is 15.7. The number of carbonyl (C=O) groups is 2. The molecule has 1 unspecified atom stereocenters. The Morgan fingerprint density at radius 2 is 1.25 bits per heavy atom. The first kappa shape index (κ1) is 37.4. The first-order valence-corrected chi connectivity index (χ1v) is 19.6. The second kappa shape index (κ2) is 15.8.